The molecule has 119 valence electrons. The van der Waals surface area contributed by atoms with Gasteiger partial charge in [-0.1, -0.05) is 95.7 Å². The highest BCUT2D eigenvalue weighted by Gasteiger charge is 2.00. The number of rotatable bonds is 15. The summed E-state index contributed by atoms with van der Waals surface area (Å²) in [4.78, 5) is 11.3. The standard InChI is InChI=1S/C18H35OS/c1-3-5-6-7-8-9-10-11-12-13-14-15-16-17-18(19)20-4-2/h2-17H2,1H3. The van der Waals surface area contributed by atoms with Gasteiger partial charge in [-0.3, -0.25) is 4.79 Å². The molecule has 0 aliphatic rings. The van der Waals surface area contributed by atoms with Gasteiger partial charge in [0, 0.05) is 12.2 Å². The molecule has 0 fully saturated rings. The summed E-state index contributed by atoms with van der Waals surface area (Å²) in [5.74, 6) is 0.678. The number of carbonyl (C=O) groups excluding carboxylic acids is 1. The quantitative estimate of drug-likeness (QED) is 0.318. The van der Waals surface area contributed by atoms with Gasteiger partial charge in [0.25, 0.3) is 0 Å². The largest absolute Gasteiger partial charge is 0.287 e. The van der Waals surface area contributed by atoms with Gasteiger partial charge in [0.2, 0.25) is 0 Å². The van der Waals surface area contributed by atoms with Gasteiger partial charge < -0.3 is 0 Å². The predicted octanol–water partition coefficient (Wildman–Crippen LogP) is 6.56. The van der Waals surface area contributed by atoms with Crippen LogP contribution in [0.1, 0.15) is 96.8 Å². The lowest BCUT2D eigenvalue weighted by Crippen LogP contribution is -1.92. The fourth-order valence-corrected chi connectivity index (χ4v) is 2.99. The van der Waals surface area contributed by atoms with E-state index >= 15 is 0 Å². The third-order valence-electron chi connectivity index (χ3n) is 3.75. The fraction of sp³-hybridized carbons (Fsp3) is 0.889. The third-order valence-corrected chi connectivity index (χ3v) is 4.48. The molecule has 0 atom stereocenters. The molecule has 0 heterocycles. The van der Waals surface area contributed by atoms with E-state index in [0.717, 1.165) is 12.8 Å². The molecule has 0 aromatic heterocycles. The lowest BCUT2D eigenvalue weighted by atomic mass is 10.0. The van der Waals surface area contributed by atoms with Crippen molar-refractivity contribution >= 4 is 16.9 Å². The molecule has 0 spiro atoms. The van der Waals surface area contributed by atoms with Gasteiger partial charge in [0.15, 0.2) is 5.12 Å². The van der Waals surface area contributed by atoms with Crippen molar-refractivity contribution in [3.63, 3.8) is 0 Å². The van der Waals surface area contributed by atoms with Crippen molar-refractivity contribution in [3.05, 3.63) is 6.92 Å². The van der Waals surface area contributed by atoms with Crippen LogP contribution >= 0.6 is 11.8 Å². The Balaban J connectivity index is 3.01. The zero-order valence-corrected chi connectivity index (χ0v) is 14.4. The van der Waals surface area contributed by atoms with Crippen molar-refractivity contribution < 1.29 is 4.79 Å². The van der Waals surface area contributed by atoms with Crippen molar-refractivity contribution in [2.75, 3.05) is 5.75 Å². The van der Waals surface area contributed by atoms with Gasteiger partial charge in [-0.25, -0.2) is 0 Å². The van der Waals surface area contributed by atoms with Crippen molar-refractivity contribution in [2.24, 2.45) is 0 Å². The topological polar surface area (TPSA) is 17.1 Å². The van der Waals surface area contributed by atoms with E-state index in [-0.39, 0.29) is 0 Å². The maximum Gasteiger partial charge on any atom is 0.188 e. The number of hydrogen-bond donors (Lipinski definition) is 0. The summed E-state index contributed by atoms with van der Waals surface area (Å²) in [7, 11) is 0. The molecule has 0 unspecified atom stereocenters. The van der Waals surface area contributed by atoms with Crippen LogP contribution < -0.4 is 0 Å². The number of unbranched alkanes of at least 4 members (excludes halogenated alkanes) is 12. The van der Waals surface area contributed by atoms with Crippen LogP contribution in [0.25, 0.3) is 0 Å². The Morgan fingerprint density at radius 1 is 0.750 bits per heavy atom. The van der Waals surface area contributed by atoms with Gasteiger partial charge in [-0.2, -0.15) is 0 Å². The molecule has 0 saturated heterocycles. The maximum atomic E-state index is 11.3. The molecule has 0 aromatic carbocycles. The minimum absolute atomic E-state index is 0.322. The normalized spacial score (nSPS) is 10.9. The summed E-state index contributed by atoms with van der Waals surface area (Å²) in [5.41, 5.74) is 0. The van der Waals surface area contributed by atoms with E-state index in [9.17, 15) is 4.79 Å². The van der Waals surface area contributed by atoms with Gasteiger partial charge in [0.05, 0.1) is 0 Å². The molecule has 0 aromatic rings. The summed E-state index contributed by atoms with van der Waals surface area (Å²) in [6.45, 7) is 5.96. The highest BCUT2D eigenvalue weighted by Crippen LogP contribution is 2.14. The molecule has 0 rings (SSSR count). The summed E-state index contributed by atoms with van der Waals surface area (Å²) in [6, 6.07) is 0. The summed E-state index contributed by atoms with van der Waals surface area (Å²) < 4.78 is 0. The monoisotopic (exact) mass is 299 g/mol. The Morgan fingerprint density at radius 2 is 1.15 bits per heavy atom. The zero-order valence-electron chi connectivity index (χ0n) is 13.6. The Labute approximate surface area is 131 Å². The minimum atomic E-state index is 0.322. The van der Waals surface area contributed by atoms with Crippen LogP contribution in [0.5, 0.6) is 0 Å². The van der Waals surface area contributed by atoms with Gasteiger partial charge in [-0.15, -0.1) is 0 Å². The minimum Gasteiger partial charge on any atom is -0.287 e. The van der Waals surface area contributed by atoms with Gasteiger partial charge in [-0.05, 0) is 13.3 Å². The highest BCUT2D eigenvalue weighted by molar-refractivity contribution is 8.13. The van der Waals surface area contributed by atoms with Crippen LogP contribution in [0.2, 0.25) is 0 Å². The van der Waals surface area contributed by atoms with E-state index in [4.69, 9.17) is 0 Å². The average Bonchev–Trinajstić information content (AvgIpc) is 2.44. The lowest BCUT2D eigenvalue weighted by Gasteiger charge is -2.03. The Kier molecular flexibility index (Phi) is 17.1. The van der Waals surface area contributed by atoms with Crippen LogP contribution in [0.3, 0.4) is 0 Å². The van der Waals surface area contributed by atoms with E-state index in [1.165, 1.54) is 88.8 Å². The molecule has 0 aliphatic heterocycles. The average molecular weight is 300 g/mol. The van der Waals surface area contributed by atoms with Crippen LogP contribution in [0.4, 0.5) is 0 Å². The molecule has 0 amide bonds. The third kappa shape index (κ3) is 16.1. The van der Waals surface area contributed by atoms with E-state index in [0.29, 0.717) is 10.9 Å². The number of carbonyl (C=O) groups is 1. The first-order chi connectivity index (χ1) is 9.81. The molecule has 2 heteroatoms. The molecule has 0 saturated carbocycles. The summed E-state index contributed by atoms with van der Waals surface area (Å²) in [5, 5.41) is 0.322. The predicted molar refractivity (Wildman–Crippen MR) is 93.1 cm³/mol. The van der Waals surface area contributed by atoms with Crippen LogP contribution in [0, 0.1) is 6.92 Å². The molecule has 1 nitrogen and oxygen atoms in total. The number of hydrogen-bond acceptors (Lipinski definition) is 2. The van der Waals surface area contributed by atoms with Crippen LogP contribution in [0.15, 0.2) is 0 Å². The van der Waals surface area contributed by atoms with Gasteiger partial charge >= 0.3 is 0 Å². The summed E-state index contributed by atoms with van der Waals surface area (Å²) >= 11 is 1.37. The van der Waals surface area contributed by atoms with Crippen molar-refractivity contribution in [1.82, 2.24) is 0 Å². The van der Waals surface area contributed by atoms with Gasteiger partial charge in [0.1, 0.15) is 0 Å². The lowest BCUT2D eigenvalue weighted by molar-refractivity contribution is -0.111. The smallest absolute Gasteiger partial charge is 0.188 e. The highest BCUT2D eigenvalue weighted by atomic mass is 32.2. The first kappa shape index (κ1) is 20.0. The molecular formula is C18H35OS. The first-order valence-electron chi connectivity index (χ1n) is 8.76. The van der Waals surface area contributed by atoms with Crippen LogP contribution in [-0.2, 0) is 4.79 Å². The molecule has 1 radical (unpaired) electrons. The Morgan fingerprint density at radius 3 is 1.55 bits per heavy atom. The molecule has 0 aliphatic carbocycles. The molecule has 0 N–H and O–H groups in total. The second-order valence-electron chi connectivity index (χ2n) is 5.71. The first-order valence-corrected chi connectivity index (χ1v) is 9.74. The second kappa shape index (κ2) is 17.1. The maximum absolute atomic E-state index is 11.3. The zero-order chi connectivity index (χ0) is 14.9. The molecule has 0 bridgehead atoms. The molecule has 20 heavy (non-hydrogen) atoms. The SMILES string of the molecule is [CH2]CSC(=O)CCCCCCCCCCCCCCC. The number of thioether (sulfide) groups is 1. The summed E-state index contributed by atoms with van der Waals surface area (Å²) in [6.07, 6.45) is 18.4. The van der Waals surface area contributed by atoms with Crippen molar-refractivity contribution in [3.8, 4) is 0 Å². The van der Waals surface area contributed by atoms with Crippen molar-refractivity contribution in [2.45, 2.75) is 96.8 Å². The van der Waals surface area contributed by atoms with E-state index in [2.05, 4.69) is 13.8 Å². The Bertz CT molecular complexity index is 204. The van der Waals surface area contributed by atoms with E-state index in [1.807, 2.05) is 0 Å². The second-order valence-corrected chi connectivity index (χ2v) is 6.87. The van der Waals surface area contributed by atoms with Crippen molar-refractivity contribution in [1.29, 1.82) is 0 Å². The molecular weight excluding hydrogens is 264 g/mol. The fourth-order valence-electron chi connectivity index (χ4n) is 2.47. The Hall–Kier alpha value is 0.0200. The van der Waals surface area contributed by atoms with E-state index in [1.54, 1.807) is 0 Å². The van der Waals surface area contributed by atoms with Crippen LogP contribution in [-0.4, -0.2) is 10.9 Å². The van der Waals surface area contributed by atoms with E-state index < -0.39 is 0 Å².